The van der Waals surface area contributed by atoms with Crippen LogP contribution in [0.15, 0.2) is 6.07 Å². The van der Waals surface area contributed by atoms with Crippen LogP contribution in [0.1, 0.15) is 37.5 Å². The summed E-state index contributed by atoms with van der Waals surface area (Å²) < 4.78 is 46.5. The van der Waals surface area contributed by atoms with Gasteiger partial charge in [0, 0.05) is 36.3 Å². The van der Waals surface area contributed by atoms with Crippen LogP contribution in [-0.4, -0.2) is 54.7 Å². The molecule has 0 aromatic heterocycles. The molecule has 0 spiro atoms. The van der Waals surface area contributed by atoms with Crippen molar-refractivity contribution in [1.82, 2.24) is 9.80 Å². The fraction of sp³-hybridized carbons (Fsp3) is 0.611. The molecule has 1 heterocycles. The number of halogens is 4. The molecule has 0 saturated carbocycles. The molecule has 2 rings (SSSR count). The van der Waals surface area contributed by atoms with Gasteiger partial charge in [0.2, 0.25) is 0 Å². The van der Waals surface area contributed by atoms with E-state index in [0.717, 1.165) is 0 Å². The number of hydrogen-bond donors (Lipinski definition) is 0. The first-order valence-electron chi connectivity index (χ1n) is 8.98. The number of carbonyl (C=O) groups is 1. The molecular formula is C18H26BF3IKN2O2. The molecule has 1 aliphatic heterocycles. The number of rotatable bonds is 3. The molecule has 1 amide bonds. The van der Waals surface area contributed by atoms with Gasteiger partial charge in [-0.25, -0.2) is 4.79 Å². The molecule has 28 heavy (non-hydrogen) atoms. The van der Waals surface area contributed by atoms with Gasteiger partial charge in [0.1, 0.15) is 5.60 Å². The standard InChI is InChI=1S/C18H26BF3IN2O2.K/c1-12-14(10-15(23)13(2)16(12)19(20,21)22)11-24-6-8-25(9-7-24)17(26)27-18(3,4)5;/h10H,6-9,11H2,1-5H3;/q-1;+1. The van der Waals surface area contributed by atoms with E-state index in [9.17, 15) is 17.7 Å². The molecule has 10 heteroatoms. The predicted molar refractivity (Wildman–Crippen MR) is 110 cm³/mol. The molecule has 1 saturated heterocycles. The van der Waals surface area contributed by atoms with Crippen LogP contribution in [0.3, 0.4) is 0 Å². The summed E-state index contributed by atoms with van der Waals surface area (Å²) in [5.41, 5.74) is 0.308. The van der Waals surface area contributed by atoms with E-state index in [-0.39, 0.29) is 57.5 Å². The van der Waals surface area contributed by atoms with Gasteiger partial charge in [-0.3, -0.25) is 4.90 Å². The maximum absolute atomic E-state index is 13.5. The largest absolute Gasteiger partial charge is 1.00 e. The summed E-state index contributed by atoms with van der Waals surface area (Å²) in [5, 5.41) is 0. The van der Waals surface area contributed by atoms with E-state index in [1.807, 2.05) is 49.4 Å². The molecule has 1 aromatic rings. The summed E-state index contributed by atoms with van der Waals surface area (Å²) in [6.45, 7) is 6.18. The van der Waals surface area contributed by atoms with E-state index < -0.39 is 18.0 Å². The number of nitrogens with zero attached hydrogens (tertiary/aromatic N) is 2. The minimum absolute atomic E-state index is 0. The van der Waals surface area contributed by atoms with E-state index in [0.29, 0.717) is 53.0 Å². The van der Waals surface area contributed by atoms with Crippen molar-refractivity contribution >= 4 is 41.1 Å². The Kier molecular flexibility index (Phi) is 9.84. The number of amides is 1. The van der Waals surface area contributed by atoms with Gasteiger partial charge in [-0.2, -0.15) is 0 Å². The summed E-state index contributed by atoms with van der Waals surface area (Å²) in [6.07, 6.45) is -0.342. The average Bonchev–Trinajstić information content (AvgIpc) is 2.50. The van der Waals surface area contributed by atoms with Crippen LogP contribution >= 0.6 is 22.6 Å². The molecule has 4 nitrogen and oxygen atoms in total. The van der Waals surface area contributed by atoms with Crippen LogP contribution in [-0.2, 0) is 11.3 Å². The van der Waals surface area contributed by atoms with Crippen LogP contribution in [0.4, 0.5) is 17.7 Å². The number of hydrogen-bond acceptors (Lipinski definition) is 3. The second-order valence-corrected chi connectivity index (χ2v) is 9.16. The molecule has 152 valence electrons. The molecule has 0 atom stereocenters. The number of piperazine rings is 1. The molecule has 0 N–H and O–H groups in total. The number of carbonyl (C=O) groups excluding carboxylic acids is 1. The zero-order valence-corrected chi connectivity index (χ0v) is 22.7. The first kappa shape index (κ1) is 26.7. The minimum Gasteiger partial charge on any atom is -0.445 e. The second-order valence-electron chi connectivity index (χ2n) is 8.00. The van der Waals surface area contributed by atoms with Gasteiger partial charge >= 0.3 is 64.5 Å². The Bertz CT molecular complexity index is 718. The molecule has 0 aliphatic carbocycles. The van der Waals surface area contributed by atoms with Crippen molar-refractivity contribution in [3.8, 4) is 0 Å². The van der Waals surface area contributed by atoms with Gasteiger partial charge in [0.25, 0.3) is 0 Å². The van der Waals surface area contributed by atoms with Crippen LogP contribution in [0.2, 0.25) is 0 Å². The Labute approximate surface area is 221 Å². The van der Waals surface area contributed by atoms with Crippen molar-refractivity contribution in [3.63, 3.8) is 0 Å². The molecule has 1 aromatic carbocycles. The van der Waals surface area contributed by atoms with Crippen LogP contribution < -0.4 is 56.8 Å². The van der Waals surface area contributed by atoms with Gasteiger partial charge in [0.15, 0.2) is 0 Å². The first-order chi connectivity index (χ1) is 12.3. The molecule has 1 aliphatic rings. The van der Waals surface area contributed by atoms with E-state index in [4.69, 9.17) is 4.74 Å². The van der Waals surface area contributed by atoms with Gasteiger partial charge in [0.05, 0.1) is 0 Å². The monoisotopic (exact) mass is 536 g/mol. The van der Waals surface area contributed by atoms with E-state index in [1.165, 1.54) is 6.92 Å². The Morgan fingerprint density at radius 2 is 1.68 bits per heavy atom. The minimum atomic E-state index is -5.05. The maximum atomic E-state index is 13.5. The van der Waals surface area contributed by atoms with Crippen molar-refractivity contribution < 1.29 is 73.9 Å². The number of ether oxygens (including phenoxy) is 1. The molecule has 0 unspecified atom stereocenters. The second kappa shape index (κ2) is 10.3. The number of benzene rings is 1. The average molecular weight is 536 g/mol. The zero-order chi connectivity index (χ0) is 20.6. The Morgan fingerprint density at radius 1 is 1.14 bits per heavy atom. The summed E-state index contributed by atoms with van der Waals surface area (Å²) >= 11 is 1.97. The van der Waals surface area contributed by atoms with Crippen LogP contribution in [0.5, 0.6) is 0 Å². The fourth-order valence-electron chi connectivity index (χ4n) is 3.26. The van der Waals surface area contributed by atoms with E-state index in [2.05, 4.69) is 4.90 Å². The van der Waals surface area contributed by atoms with Crippen molar-refractivity contribution in [2.24, 2.45) is 0 Å². The predicted octanol–water partition coefficient (Wildman–Crippen LogP) is 1.02. The SMILES string of the molecule is Cc1c(I)cc(CN2CCN(C(=O)OC(C)(C)C)CC2)c(C)c1[B-](F)(F)F.[K+]. The van der Waals surface area contributed by atoms with Gasteiger partial charge in [-0.1, -0.05) is 11.1 Å². The molecule has 1 fully saturated rings. The maximum Gasteiger partial charge on any atom is 1.00 e. The van der Waals surface area contributed by atoms with Gasteiger partial charge in [-0.15, -0.1) is 5.46 Å². The Hall–Kier alpha value is 0.671. The summed E-state index contributed by atoms with van der Waals surface area (Å²) in [5.74, 6) is 0. The topological polar surface area (TPSA) is 32.8 Å². The summed E-state index contributed by atoms with van der Waals surface area (Å²) in [7, 11) is 0. The van der Waals surface area contributed by atoms with Crippen molar-refractivity contribution in [1.29, 1.82) is 0 Å². The smallest absolute Gasteiger partial charge is 0.445 e. The van der Waals surface area contributed by atoms with Crippen molar-refractivity contribution in [2.45, 2.75) is 46.8 Å². The third kappa shape index (κ3) is 7.12. The van der Waals surface area contributed by atoms with E-state index >= 15 is 0 Å². The molecule has 0 radical (unpaired) electrons. The van der Waals surface area contributed by atoms with E-state index in [1.54, 1.807) is 11.8 Å². The summed E-state index contributed by atoms with van der Waals surface area (Å²) in [4.78, 5) is 15.9. The molecule has 0 bridgehead atoms. The Balaban J connectivity index is 0.00000392. The summed E-state index contributed by atoms with van der Waals surface area (Å²) in [6, 6.07) is 1.84. The van der Waals surface area contributed by atoms with Gasteiger partial charge < -0.3 is 22.6 Å². The first-order valence-corrected chi connectivity index (χ1v) is 10.1. The fourth-order valence-corrected chi connectivity index (χ4v) is 3.93. The zero-order valence-electron chi connectivity index (χ0n) is 17.4. The van der Waals surface area contributed by atoms with Crippen molar-refractivity contribution in [2.75, 3.05) is 26.2 Å². The third-order valence-corrected chi connectivity index (χ3v) is 5.81. The molecular weight excluding hydrogens is 510 g/mol. The van der Waals surface area contributed by atoms with Crippen LogP contribution in [0, 0.1) is 17.4 Å². The normalized spacial score (nSPS) is 16.0. The van der Waals surface area contributed by atoms with Crippen molar-refractivity contribution in [3.05, 3.63) is 26.3 Å². The Morgan fingerprint density at radius 3 is 2.14 bits per heavy atom. The van der Waals surface area contributed by atoms with Crippen LogP contribution in [0.25, 0.3) is 0 Å². The quantitative estimate of drug-likeness (QED) is 0.428. The van der Waals surface area contributed by atoms with Gasteiger partial charge in [-0.05, 0) is 68.8 Å². The third-order valence-electron chi connectivity index (χ3n) is 4.69.